The number of carbonyl (C=O) groups excluding carboxylic acids is 1. The fourth-order valence-corrected chi connectivity index (χ4v) is 6.31. The number of aromatic nitrogens is 1. The van der Waals surface area contributed by atoms with Gasteiger partial charge in [0, 0.05) is 36.6 Å². The monoisotopic (exact) mass is 423 g/mol. The SMILES string of the molecule is O=C(N[C@@H]1CS(=O)(=O)C[C@H]1O)c1cc(-c2cccnc2)c(N2CCOCC2)s1. The van der Waals surface area contributed by atoms with Gasteiger partial charge in [-0.15, -0.1) is 11.3 Å². The van der Waals surface area contributed by atoms with Crippen molar-refractivity contribution in [1.82, 2.24) is 10.3 Å². The number of carbonyl (C=O) groups is 1. The van der Waals surface area contributed by atoms with Gasteiger partial charge >= 0.3 is 0 Å². The number of hydrogen-bond donors (Lipinski definition) is 2. The van der Waals surface area contributed by atoms with Gasteiger partial charge in [0.1, 0.15) is 0 Å². The number of nitrogens with one attached hydrogen (secondary N) is 1. The van der Waals surface area contributed by atoms with E-state index < -0.39 is 22.0 Å². The molecule has 0 unspecified atom stereocenters. The van der Waals surface area contributed by atoms with Crippen molar-refractivity contribution in [1.29, 1.82) is 0 Å². The van der Waals surface area contributed by atoms with E-state index in [-0.39, 0.29) is 17.4 Å². The van der Waals surface area contributed by atoms with Crippen LogP contribution in [0.5, 0.6) is 0 Å². The van der Waals surface area contributed by atoms with Gasteiger partial charge in [-0.3, -0.25) is 9.78 Å². The van der Waals surface area contributed by atoms with Gasteiger partial charge < -0.3 is 20.1 Å². The van der Waals surface area contributed by atoms with E-state index in [4.69, 9.17) is 4.74 Å². The molecule has 0 bridgehead atoms. The number of morpholine rings is 1. The molecule has 2 aromatic rings. The molecule has 0 radical (unpaired) electrons. The average molecular weight is 424 g/mol. The minimum atomic E-state index is -3.33. The number of hydrogen-bond acceptors (Lipinski definition) is 8. The highest BCUT2D eigenvalue weighted by Gasteiger charge is 2.37. The molecule has 0 aromatic carbocycles. The van der Waals surface area contributed by atoms with Crippen molar-refractivity contribution in [3.8, 4) is 11.1 Å². The molecule has 4 heterocycles. The number of anilines is 1. The number of thiophene rings is 1. The molecule has 2 saturated heterocycles. The number of ether oxygens (including phenoxy) is 1. The molecule has 2 N–H and O–H groups in total. The summed E-state index contributed by atoms with van der Waals surface area (Å²) in [7, 11) is -3.33. The summed E-state index contributed by atoms with van der Waals surface area (Å²) in [6.07, 6.45) is 2.37. The second kappa shape index (κ2) is 7.78. The Bertz CT molecular complexity index is 955. The van der Waals surface area contributed by atoms with Crippen LogP contribution >= 0.6 is 11.3 Å². The van der Waals surface area contributed by atoms with Crippen LogP contribution < -0.4 is 10.2 Å². The normalized spacial score (nSPS) is 24.2. The predicted octanol–water partition coefficient (Wildman–Crippen LogP) is 0.534. The molecule has 2 atom stereocenters. The molecular weight excluding hydrogens is 402 g/mol. The Morgan fingerprint density at radius 2 is 2.11 bits per heavy atom. The predicted molar refractivity (Wildman–Crippen MR) is 106 cm³/mol. The highest BCUT2D eigenvalue weighted by atomic mass is 32.2. The highest BCUT2D eigenvalue weighted by Crippen LogP contribution is 2.39. The first-order valence-corrected chi connectivity index (χ1v) is 11.6. The number of amides is 1. The number of nitrogens with zero attached hydrogens (tertiary/aromatic N) is 2. The van der Waals surface area contributed by atoms with Crippen LogP contribution in [0, 0.1) is 0 Å². The van der Waals surface area contributed by atoms with Crippen LogP contribution in [0.4, 0.5) is 5.00 Å². The summed E-state index contributed by atoms with van der Waals surface area (Å²) in [5.41, 5.74) is 1.81. The van der Waals surface area contributed by atoms with Crippen LogP contribution in [0.2, 0.25) is 0 Å². The Morgan fingerprint density at radius 3 is 2.75 bits per heavy atom. The van der Waals surface area contributed by atoms with Gasteiger partial charge in [-0.25, -0.2) is 8.42 Å². The number of aliphatic hydroxyl groups is 1. The van der Waals surface area contributed by atoms with Crippen LogP contribution in [0.15, 0.2) is 30.6 Å². The summed E-state index contributed by atoms with van der Waals surface area (Å²) in [6, 6.07) is 4.80. The molecule has 1 amide bonds. The highest BCUT2D eigenvalue weighted by molar-refractivity contribution is 7.91. The Balaban J connectivity index is 1.62. The third-order valence-electron chi connectivity index (χ3n) is 4.85. The van der Waals surface area contributed by atoms with Crippen molar-refractivity contribution >= 4 is 32.1 Å². The van der Waals surface area contributed by atoms with E-state index in [9.17, 15) is 18.3 Å². The topological polar surface area (TPSA) is 109 Å². The van der Waals surface area contributed by atoms with Crippen LogP contribution in [0.3, 0.4) is 0 Å². The molecule has 4 rings (SSSR count). The number of rotatable bonds is 4. The molecule has 8 nitrogen and oxygen atoms in total. The third kappa shape index (κ3) is 4.04. The largest absolute Gasteiger partial charge is 0.390 e. The van der Waals surface area contributed by atoms with Crippen molar-refractivity contribution in [3.63, 3.8) is 0 Å². The van der Waals surface area contributed by atoms with Crippen LogP contribution in [0.1, 0.15) is 9.67 Å². The maximum atomic E-state index is 12.8. The summed E-state index contributed by atoms with van der Waals surface area (Å²) in [6.45, 7) is 2.71. The number of sulfone groups is 1. The molecule has 28 heavy (non-hydrogen) atoms. The zero-order chi connectivity index (χ0) is 19.7. The van der Waals surface area contributed by atoms with Gasteiger partial charge in [0.2, 0.25) is 0 Å². The van der Waals surface area contributed by atoms with Crippen molar-refractivity contribution in [2.24, 2.45) is 0 Å². The van der Waals surface area contributed by atoms with E-state index in [0.29, 0.717) is 18.1 Å². The smallest absolute Gasteiger partial charge is 0.261 e. The van der Waals surface area contributed by atoms with E-state index in [0.717, 1.165) is 29.2 Å². The number of pyridine rings is 1. The Kier molecular flexibility index (Phi) is 5.37. The molecule has 2 aromatic heterocycles. The van der Waals surface area contributed by atoms with E-state index in [1.165, 1.54) is 11.3 Å². The lowest BCUT2D eigenvalue weighted by Crippen LogP contribution is -2.42. The van der Waals surface area contributed by atoms with Crippen LogP contribution in [0.25, 0.3) is 11.1 Å². The van der Waals surface area contributed by atoms with Crippen LogP contribution in [-0.2, 0) is 14.6 Å². The molecular formula is C18H21N3O5S2. The van der Waals surface area contributed by atoms with E-state index in [1.807, 2.05) is 12.1 Å². The molecule has 2 aliphatic rings. The molecule has 10 heteroatoms. The molecule has 0 spiro atoms. The summed E-state index contributed by atoms with van der Waals surface area (Å²) < 4.78 is 28.8. The Labute approximate surface area is 167 Å². The second-order valence-corrected chi connectivity index (χ2v) is 10.1. The first-order valence-electron chi connectivity index (χ1n) is 8.99. The summed E-state index contributed by atoms with van der Waals surface area (Å²) >= 11 is 1.35. The lowest BCUT2D eigenvalue weighted by molar-refractivity contribution is 0.0893. The Morgan fingerprint density at radius 1 is 1.32 bits per heavy atom. The molecule has 2 fully saturated rings. The van der Waals surface area contributed by atoms with Gasteiger partial charge in [-0.2, -0.15) is 0 Å². The summed E-state index contributed by atoms with van der Waals surface area (Å²) in [4.78, 5) is 19.6. The standard InChI is InChI=1S/C18H21N3O5S2/c22-15-11-28(24,25)10-14(15)20-17(23)16-8-13(12-2-1-3-19-9-12)18(27-16)21-4-6-26-7-5-21/h1-3,8-9,14-15,22H,4-7,10-11H2,(H,20,23)/t14-,15-/m1/s1. The molecule has 2 aliphatic heterocycles. The van der Waals surface area contributed by atoms with Crippen LogP contribution in [-0.4, -0.2) is 74.4 Å². The summed E-state index contributed by atoms with van der Waals surface area (Å²) in [5, 5.41) is 13.6. The number of aliphatic hydroxyl groups excluding tert-OH is 1. The zero-order valence-electron chi connectivity index (χ0n) is 15.1. The van der Waals surface area contributed by atoms with Crippen molar-refractivity contribution in [2.75, 3.05) is 42.7 Å². The zero-order valence-corrected chi connectivity index (χ0v) is 16.7. The van der Waals surface area contributed by atoms with Gasteiger partial charge in [-0.05, 0) is 12.1 Å². The first kappa shape index (κ1) is 19.3. The maximum absolute atomic E-state index is 12.8. The second-order valence-electron chi connectivity index (χ2n) is 6.89. The van der Waals surface area contributed by atoms with E-state index in [2.05, 4.69) is 15.2 Å². The quantitative estimate of drug-likeness (QED) is 0.739. The Hall–Kier alpha value is -2.01. The first-order chi connectivity index (χ1) is 13.4. The average Bonchev–Trinajstić information content (AvgIpc) is 3.24. The van der Waals surface area contributed by atoms with Gasteiger partial charge in [0.15, 0.2) is 9.84 Å². The van der Waals surface area contributed by atoms with Crippen molar-refractivity contribution in [2.45, 2.75) is 12.1 Å². The fraction of sp³-hybridized carbons (Fsp3) is 0.444. The maximum Gasteiger partial charge on any atom is 0.261 e. The fourth-order valence-electron chi connectivity index (χ4n) is 3.43. The van der Waals surface area contributed by atoms with E-state index >= 15 is 0 Å². The lowest BCUT2D eigenvalue weighted by atomic mass is 10.1. The minimum absolute atomic E-state index is 0.239. The summed E-state index contributed by atoms with van der Waals surface area (Å²) in [5.74, 6) is -0.935. The molecule has 0 saturated carbocycles. The van der Waals surface area contributed by atoms with Crippen molar-refractivity contribution < 1.29 is 23.1 Å². The van der Waals surface area contributed by atoms with E-state index in [1.54, 1.807) is 18.5 Å². The van der Waals surface area contributed by atoms with Gasteiger partial charge in [-0.1, -0.05) is 6.07 Å². The molecule has 0 aliphatic carbocycles. The minimum Gasteiger partial charge on any atom is -0.390 e. The van der Waals surface area contributed by atoms with Gasteiger partial charge in [0.05, 0.1) is 46.7 Å². The lowest BCUT2D eigenvalue weighted by Gasteiger charge is -2.28. The van der Waals surface area contributed by atoms with Gasteiger partial charge in [0.25, 0.3) is 5.91 Å². The van der Waals surface area contributed by atoms with Crippen molar-refractivity contribution in [3.05, 3.63) is 35.5 Å². The third-order valence-corrected chi connectivity index (χ3v) is 7.76. The molecule has 150 valence electrons.